The zero-order valence-corrected chi connectivity index (χ0v) is 10.9. The first kappa shape index (κ1) is 12.7. The molecule has 0 saturated carbocycles. The molecule has 0 bridgehead atoms. The van der Waals surface area contributed by atoms with E-state index in [0.717, 1.165) is 5.39 Å². The average molecular weight is 273 g/mol. The van der Waals surface area contributed by atoms with Crippen LogP contribution in [0, 0.1) is 11.6 Å². The molecule has 0 aliphatic carbocycles. The van der Waals surface area contributed by atoms with Crippen LogP contribution in [0.1, 0.15) is 5.56 Å². The van der Waals surface area contributed by atoms with Gasteiger partial charge in [-0.1, -0.05) is 18.2 Å². The van der Waals surface area contributed by atoms with Gasteiger partial charge >= 0.3 is 0 Å². The molecule has 0 radical (unpaired) electrons. The maximum atomic E-state index is 14.2. The van der Waals surface area contributed by atoms with Gasteiger partial charge in [0.25, 0.3) is 0 Å². The Hall–Kier alpha value is -2.27. The third kappa shape index (κ3) is 2.06. The van der Waals surface area contributed by atoms with Crippen LogP contribution in [0.25, 0.3) is 16.6 Å². The molecule has 102 valence electrons. The van der Waals surface area contributed by atoms with Gasteiger partial charge < -0.3 is 5.32 Å². The van der Waals surface area contributed by atoms with E-state index in [4.69, 9.17) is 0 Å². The number of hydrogen-bond donors (Lipinski definition) is 1. The van der Waals surface area contributed by atoms with E-state index in [1.165, 1.54) is 16.8 Å². The van der Waals surface area contributed by atoms with Crippen LogP contribution in [0.2, 0.25) is 0 Å². The Kier molecular flexibility index (Phi) is 3.20. The predicted octanol–water partition coefficient (Wildman–Crippen LogP) is 3.02. The normalized spacial score (nSPS) is 11.2. The molecule has 1 aromatic heterocycles. The summed E-state index contributed by atoms with van der Waals surface area (Å²) in [5.41, 5.74) is 1.08. The maximum absolute atomic E-state index is 14.2. The second kappa shape index (κ2) is 5.02. The van der Waals surface area contributed by atoms with E-state index in [1.54, 1.807) is 19.3 Å². The van der Waals surface area contributed by atoms with Gasteiger partial charge in [0.1, 0.15) is 5.69 Å². The molecule has 3 rings (SSSR count). The van der Waals surface area contributed by atoms with Crippen LogP contribution in [0.5, 0.6) is 0 Å². The van der Waals surface area contributed by atoms with E-state index in [2.05, 4.69) is 10.4 Å². The number of fused-ring (bicyclic) bond motifs is 1. The number of hydrogen-bond acceptors (Lipinski definition) is 2. The molecule has 5 heteroatoms. The maximum Gasteiger partial charge on any atom is 0.152 e. The number of halogens is 2. The second-order valence-corrected chi connectivity index (χ2v) is 4.55. The van der Waals surface area contributed by atoms with Crippen molar-refractivity contribution >= 4 is 10.9 Å². The minimum atomic E-state index is -0.621. The first-order valence-corrected chi connectivity index (χ1v) is 6.26. The zero-order valence-electron chi connectivity index (χ0n) is 10.9. The molecular weight excluding hydrogens is 260 g/mol. The van der Waals surface area contributed by atoms with Crippen molar-refractivity contribution in [2.45, 2.75) is 6.54 Å². The number of para-hydroxylation sites is 1. The van der Waals surface area contributed by atoms with E-state index in [-0.39, 0.29) is 5.69 Å². The van der Waals surface area contributed by atoms with Crippen molar-refractivity contribution in [1.29, 1.82) is 0 Å². The molecule has 0 fully saturated rings. The molecule has 0 unspecified atom stereocenters. The fourth-order valence-electron chi connectivity index (χ4n) is 2.28. The minimum absolute atomic E-state index is 0.147. The summed E-state index contributed by atoms with van der Waals surface area (Å²) in [6.07, 6.45) is 1.59. The van der Waals surface area contributed by atoms with Gasteiger partial charge in [-0.2, -0.15) is 5.10 Å². The zero-order chi connectivity index (χ0) is 14.1. The van der Waals surface area contributed by atoms with Crippen LogP contribution in [-0.2, 0) is 6.54 Å². The van der Waals surface area contributed by atoms with Gasteiger partial charge in [0.2, 0.25) is 0 Å². The molecule has 3 nitrogen and oxygen atoms in total. The molecule has 3 aromatic rings. The highest BCUT2D eigenvalue weighted by molar-refractivity contribution is 5.80. The van der Waals surface area contributed by atoms with Gasteiger partial charge in [-0.25, -0.2) is 13.5 Å². The van der Waals surface area contributed by atoms with Crippen molar-refractivity contribution in [3.05, 3.63) is 59.8 Å². The number of aromatic nitrogens is 2. The van der Waals surface area contributed by atoms with Crippen LogP contribution in [0.3, 0.4) is 0 Å². The fraction of sp³-hybridized carbons (Fsp3) is 0.133. The second-order valence-electron chi connectivity index (χ2n) is 4.55. The van der Waals surface area contributed by atoms with Crippen molar-refractivity contribution < 1.29 is 8.78 Å². The van der Waals surface area contributed by atoms with Crippen LogP contribution < -0.4 is 5.32 Å². The molecule has 20 heavy (non-hydrogen) atoms. The monoisotopic (exact) mass is 273 g/mol. The molecule has 0 amide bonds. The highest BCUT2D eigenvalue weighted by Crippen LogP contribution is 2.23. The van der Waals surface area contributed by atoms with Crippen molar-refractivity contribution in [1.82, 2.24) is 15.1 Å². The Balaban J connectivity index is 2.19. The standard InChI is InChI=1S/C15H13F2N3/c1-18-8-10-6-12(16)15(13(17)7-10)20-14-5-3-2-4-11(14)9-19-20/h2-7,9,18H,8H2,1H3. The molecule has 0 aliphatic rings. The molecule has 0 spiro atoms. The SMILES string of the molecule is CNCc1cc(F)c(-n2ncc3ccccc32)c(F)c1. The molecule has 1 N–H and O–H groups in total. The Bertz CT molecular complexity index is 742. The van der Waals surface area contributed by atoms with Crippen LogP contribution in [0.15, 0.2) is 42.6 Å². The summed E-state index contributed by atoms with van der Waals surface area (Å²) in [6.45, 7) is 0.411. The first-order chi connectivity index (χ1) is 9.70. The van der Waals surface area contributed by atoms with Gasteiger partial charge in [0, 0.05) is 11.9 Å². The molecule has 0 aliphatic heterocycles. The van der Waals surface area contributed by atoms with Gasteiger partial charge in [-0.3, -0.25) is 0 Å². The van der Waals surface area contributed by atoms with Gasteiger partial charge in [0.05, 0.1) is 11.7 Å². The van der Waals surface area contributed by atoms with E-state index in [1.807, 2.05) is 18.2 Å². The Labute approximate surface area is 114 Å². The van der Waals surface area contributed by atoms with E-state index in [9.17, 15) is 8.78 Å². The third-order valence-electron chi connectivity index (χ3n) is 3.15. The summed E-state index contributed by atoms with van der Waals surface area (Å²) in [5, 5.41) is 7.79. The van der Waals surface area contributed by atoms with Crippen LogP contribution >= 0.6 is 0 Å². The Morgan fingerprint density at radius 3 is 2.55 bits per heavy atom. The number of nitrogens with one attached hydrogen (secondary N) is 1. The van der Waals surface area contributed by atoms with Crippen molar-refractivity contribution in [2.75, 3.05) is 7.05 Å². The smallest absolute Gasteiger partial charge is 0.152 e. The highest BCUT2D eigenvalue weighted by atomic mass is 19.1. The lowest BCUT2D eigenvalue weighted by atomic mass is 10.1. The Morgan fingerprint density at radius 1 is 1.15 bits per heavy atom. The summed E-state index contributed by atoms with van der Waals surface area (Å²) in [4.78, 5) is 0. The van der Waals surface area contributed by atoms with E-state index in [0.29, 0.717) is 17.6 Å². The summed E-state index contributed by atoms with van der Waals surface area (Å²) < 4.78 is 29.7. The van der Waals surface area contributed by atoms with Crippen molar-refractivity contribution in [3.63, 3.8) is 0 Å². The lowest BCUT2D eigenvalue weighted by Crippen LogP contribution is -2.09. The van der Waals surface area contributed by atoms with E-state index < -0.39 is 11.6 Å². The average Bonchev–Trinajstić information content (AvgIpc) is 2.83. The molecule has 0 saturated heterocycles. The number of nitrogens with zero attached hydrogens (tertiary/aromatic N) is 2. The minimum Gasteiger partial charge on any atom is -0.316 e. The molecule has 0 atom stereocenters. The molecule has 1 heterocycles. The number of rotatable bonds is 3. The molecular formula is C15H13F2N3. The topological polar surface area (TPSA) is 29.9 Å². The van der Waals surface area contributed by atoms with Gasteiger partial charge in [0.15, 0.2) is 11.6 Å². The van der Waals surface area contributed by atoms with Gasteiger partial charge in [-0.05, 0) is 30.8 Å². The van der Waals surface area contributed by atoms with E-state index >= 15 is 0 Å². The van der Waals surface area contributed by atoms with Crippen molar-refractivity contribution in [2.24, 2.45) is 0 Å². The van der Waals surface area contributed by atoms with Crippen LogP contribution in [0.4, 0.5) is 8.78 Å². The quantitative estimate of drug-likeness (QED) is 0.795. The third-order valence-corrected chi connectivity index (χ3v) is 3.15. The fourth-order valence-corrected chi connectivity index (χ4v) is 2.28. The lowest BCUT2D eigenvalue weighted by molar-refractivity contribution is 0.558. The van der Waals surface area contributed by atoms with Gasteiger partial charge in [-0.15, -0.1) is 0 Å². The summed E-state index contributed by atoms with van der Waals surface area (Å²) in [6, 6.07) is 9.95. The summed E-state index contributed by atoms with van der Waals surface area (Å²) >= 11 is 0. The lowest BCUT2D eigenvalue weighted by Gasteiger charge is -2.09. The van der Waals surface area contributed by atoms with Crippen molar-refractivity contribution in [3.8, 4) is 5.69 Å². The number of benzene rings is 2. The molecule has 2 aromatic carbocycles. The van der Waals surface area contributed by atoms with Crippen LogP contribution in [-0.4, -0.2) is 16.8 Å². The predicted molar refractivity (Wildman–Crippen MR) is 73.7 cm³/mol. The summed E-state index contributed by atoms with van der Waals surface area (Å²) in [5.74, 6) is -1.24. The summed E-state index contributed by atoms with van der Waals surface area (Å²) in [7, 11) is 1.73. The highest BCUT2D eigenvalue weighted by Gasteiger charge is 2.15. The largest absolute Gasteiger partial charge is 0.316 e. The Morgan fingerprint density at radius 2 is 1.85 bits per heavy atom. The first-order valence-electron chi connectivity index (χ1n) is 6.26.